The first-order chi connectivity index (χ1) is 6.24. The van der Waals surface area contributed by atoms with E-state index >= 15 is 0 Å². The van der Waals surface area contributed by atoms with Crippen LogP contribution in [0.1, 0.15) is 11.1 Å². The van der Waals surface area contributed by atoms with Crippen LogP contribution >= 0.6 is 0 Å². The van der Waals surface area contributed by atoms with Crippen LogP contribution in [0.5, 0.6) is 0 Å². The van der Waals surface area contributed by atoms with Gasteiger partial charge in [0.1, 0.15) is 0 Å². The van der Waals surface area contributed by atoms with E-state index in [4.69, 9.17) is 16.9 Å². The molecule has 0 bridgehead atoms. The number of nitrogens with two attached hydrogens (primary N) is 1. The summed E-state index contributed by atoms with van der Waals surface area (Å²) in [7, 11) is 0. The van der Waals surface area contributed by atoms with Crippen LogP contribution in [0.4, 0.5) is 0 Å². The van der Waals surface area contributed by atoms with Crippen molar-refractivity contribution in [3.05, 3.63) is 35.4 Å². The van der Waals surface area contributed by atoms with E-state index in [2.05, 4.69) is 5.32 Å². The number of nitrogens with one attached hydrogen (secondary N) is 3. The molecule has 5 N–H and O–H groups in total. The van der Waals surface area contributed by atoms with Gasteiger partial charge in [-0.05, 0) is 11.1 Å². The fourth-order valence-corrected chi connectivity index (χ4v) is 1.09. The molecule has 1 aromatic carbocycles. The lowest BCUT2D eigenvalue weighted by Gasteiger charge is -2.07. The number of hydrogen-bond donors (Lipinski definition) is 3. The molecule has 1 rings (SSSR count). The van der Waals surface area contributed by atoms with E-state index < -0.39 is 0 Å². The first-order valence-corrected chi connectivity index (χ1v) is 4.03. The van der Waals surface area contributed by atoms with Gasteiger partial charge in [-0.2, -0.15) is 0 Å². The Hall–Kier alpha value is -1.55. The molecule has 4 heteroatoms. The van der Waals surface area contributed by atoms with Crippen molar-refractivity contribution in [1.29, 1.82) is 5.41 Å². The highest BCUT2D eigenvalue weighted by atomic mass is 15.0. The van der Waals surface area contributed by atoms with Crippen molar-refractivity contribution in [3.63, 3.8) is 0 Å². The molecule has 0 atom stereocenters. The Balaban J connectivity index is 2.69. The van der Waals surface area contributed by atoms with Gasteiger partial charge in [0.2, 0.25) is 0 Å². The maximum Gasteiger partial charge on any atom is 0.185 e. The standard InChI is InChI=1S/C9H13N4/c10-5-7-3-1-2-4-8(7)6-13-9(11)12/h1-4,10H,5-6H2,(H4,11,12,13). The summed E-state index contributed by atoms with van der Waals surface area (Å²) in [6.07, 6.45) is 0. The summed E-state index contributed by atoms with van der Waals surface area (Å²) in [5.41, 5.74) is 14.4. The Bertz CT molecular complexity index is 295. The fraction of sp³-hybridized carbons (Fsp3) is 0.222. The molecule has 0 aromatic heterocycles. The van der Waals surface area contributed by atoms with Crippen molar-refractivity contribution >= 4 is 5.96 Å². The van der Waals surface area contributed by atoms with Gasteiger partial charge in [-0.15, -0.1) is 0 Å². The van der Waals surface area contributed by atoms with Crippen LogP contribution in [-0.4, -0.2) is 5.96 Å². The van der Waals surface area contributed by atoms with Crippen molar-refractivity contribution in [3.8, 4) is 0 Å². The van der Waals surface area contributed by atoms with Crippen LogP contribution in [0.2, 0.25) is 0 Å². The molecule has 0 fully saturated rings. The van der Waals surface area contributed by atoms with Crippen molar-refractivity contribution in [1.82, 2.24) is 11.1 Å². The molecular formula is C9H13N4. The zero-order valence-corrected chi connectivity index (χ0v) is 7.30. The van der Waals surface area contributed by atoms with Crippen molar-refractivity contribution in [2.45, 2.75) is 13.1 Å². The van der Waals surface area contributed by atoms with E-state index in [0.717, 1.165) is 11.1 Å². The molecule has 0 heterocycles. The lowest BCUT2D eigenvalue weighted by atomic mass is 10.1. The number of guanidine groups is 1. The molecule has 13 heavy (non-hydrogen) atoms. The Morgan fingerprint density at radius 2 is 1.92 bits per heavy atom. The van der Waals surface area contributed by atoms with Crippen LogP contribution in [0, 0.1) is 5.41 Å². The first-order valence-electron chi connectivity index (χ1n) is 4.03. The molecule has 1 aromatic rings. The maximum atomic E-state index is 7.26. The zero-order valence-electron chi connectivity index (χ0n) is 7.30. The lowest BCUT2D eigenvalue weighted by molar-refractivity contribution is 0.867. The van der Waals surface area contributed by atoms with Gasteiger partial charge in [-0.3, -0.25) is 11.1 Å². The monoisotopic (exact) mass is 177 g/mol. The Morgan fingerprint density at radius 3 is 2.46 bits per heavy atom. The minimum absolute atomic E-state index is 0.0419. The smallest absolute Gasteiger partial charge is 0.185 e. The Labute approximate surface area is 77.4 Å². The molecule has 0 amide bonds. The minimum atomic E-state index is -0.0419. The second-order valence-corrected chi connectivity index (χ2v) is 2.71. The molecule has 0 saturated carbocycles. The van der Waals surface area contributed by atoms with Gasteiger partial charge in [-0.25, -0.2) is 0 Å². The summed E-state index contributed by atoms with van der Waals surface area (Å²) in [4.78, 5) is 0. The van der Waals surface area contributed by atoms with E-state index in [1.807, 2.05) is 24.3 Å². The van der Waals surface area contributed by atoms with Crippen molar-refractivity contribution < 1.29 is 0 Å². The van der Waals surface area contributed by atoms with Gasteiger partial charge in [0.25, 0.3) is 0 Å². The van der Waals surface area contributed by atoms with Crippen LogP contribution in [0.15, 0.2) is 24.3 Å². The number of benzene rings is 1. The molecule has 0 aliphatic heterocycles. The van der Waals surface area contributed by atoms with Crippen LogP contribution in [0.25, 0.3) is 0 Å². The normalized spacial score (nSPS) is 9.62. The topological polar surface area (TPSA) is 85.7 Å². The molecule has 0 unspecified atom stereocenters. The molecule has 0 saturated heterocycles. The summed E-state index contributed by atoms with van der Waals surface area (Å²) in [6, 6.07) is 7.65. The predicted octanol–water partition coefficient (Wildman–Crippen LogP) is 0.453. The summed E-state index contributed by atoms with van der Waals surface area (Å²) in [5, 5.41) is 9.71. The molecular weight excluding hydrogens is 164 g/mol. The Kier molecular flexibility index (Phi) is 3.28. The van der Waals surface area contributed by atoms with Gasteiger partial charge in [0.05, 0.1) is 0 Å². The molecule has 0 aliphatic rings. The molecule has 0 spiro atoms. The molecule has 1 radical (unpaired) electrons. The van der Waals surface area contributed by atoms with E-state index in [1.165, 1.54) is 0 Å². The Morgan fingerprint density at radius 1 is 1.31 bits per heavy atom. The zero-order chi connectivity index (χ0) is 9.68. The van der Waals surface area contributed by atoms with E-state index in [9.17, 15) is 0 Å². The summed E-state index contributed by atoms with van der Waals surface area (Å²) >= 11 is 0. The minimum Gasteiger partial charge on any atom is -0.370 e. The first kappa shape index (κ1) is 9.54. The second-order valence-electron chi connectivity index (χ2n) is 2.71. The van der Waals surface area contributed by atoms with E-state index in [1.54, 1.807) is 0 Å². The third-order valence-electron chi connectivity index (χ3n) is 1.78. The third-order valence-corrected chi connectivity index (χ3v) is 1.78. The fourth-order valence-electron chi connectivity index (χ4n) is 1.09. The lowest BCUT2D eigenvalue weighted by Crippen LogP contribution is -2.29. The van der Waals surface area contributed by atoms with Gasteiger partial charge in [-0.1, -0.05) is 24.3 Å². The van der Waals surface area contributed by atoms with Crippen LogP contribution < -0.4 is 16.8 Å². The molecule has 4 nitrogen and oxygen atoms in total. The average Bonchev–Trinajstić information content (AvgIpc) is 2.15. The number of hydrogen-bond acceptors (Lipinski definition) is 1. The van der Waals surface area contributed by atoms with Gasteiger partial charge < -0.3 is 11.1 Å². The van der Waals surface area contributed by atoms with Crippen LogP contribution in [0.3, 0.4) is 0 Å². The quantitative estimate of drug-likeness (QED) is 0.462. The highest BCUT2D eigenvalue weighted by Gasteiger charge is 1.98. The highest BCUT2D eigenvalue weighted by Crippen LogP contribution is 2.07. The van der Waals surface area contributed by atoms with Gasteiger partial charge >= 0.3 is 0 Å². The van der Waals surface area contributed by atoms with Gasteiger partial charge in [0.15, 0.2) is 5.96 Å². The molecule has 69 valence electrons. The van der Waals surface area contributed by atoms with Crippen molar-refractivity contribution in [2.75, 3.05) is 0 Å². The summed E-state index contributed by atoms with van der Waals surface area (Å²) < 4.78 is 0. The average molecular weight is 177 g/mol. The predicted molar refractivity (Wildman–Crippen MR) is 52.0 cm³/mol. The second kappa shape index (κ2) is 4.47. The summed E-state index contributed by atoms with van der Waals surface area (Å²) in [6.45, 7) is 0.778. The number of rotatable bonds is 3. The van der Waals surface area contributed by atoms with Gasteiger partial charge in [0, 0.05) is 13.1 Å². The summed E-state index contributed by atoms with van der Waals surface area (Å²) in [5.74, 6) is -0.0419. The SMILES string of the molecule is [NH]Cc1ccccc1CNC(=N)N. The van der Waals surface area contributed by atoms with Crippen LogP contribution in [-0.2, 0) is 13.1 Å². The highest BCUT2D eigenvalue weighted by molar-refractivity contribution is 5.74. The van der Waals surface area contributed by atoms with Crippen molar-refractivity contribution in [2.24, 2.45) is 5.73 Å². The maximum absolute atomic E-state index is 7.26. The third kappa shape index (κ3) is 2.76. The van der Waals surface area contributed by atoms with E-state index in [-0.39, 0.29) is 12.5 Å². The molecule has 0 aliphatic carbocycles. The largest absolute Gasteiger partial charge is 0.370 e. The van der Waals surface area contributed by atoms with E-state index in [0.29, 0.717) is 6.54 Å².